The topological polar surface area (TPSA) is 107 Å². The van der Waals surface area contributed by atoms with E-state index in [1.807, 2.05) is 13.8 Å². The van der Waals surface area contributed by atoms with Crippen LogP contribution in [-0.4, -0.2) is 50.9 Å². The molecule has 1 saturated heterocycles. The molecule has 0 amide bonds. The first kappa shape index (κ1) is 31.6. The third kappa shape index (κ3) is 8.81. The molecule has 0 atom stereocenters. The first-order valence-corrected chi connectivity index (χ1v) is 14.6. The number of esters is 3. The Hall–Kier alpha value is -4.37. The molecule has 0 aliphatic carbocycles. The monoisotopic (exact) mass is 590 g/mol. The molecule has 0 unspecified atom stereocenters. The molecule has 3 aromatic carbocycles. The zero-order valence-electron chi connectivity index (χ0n) is 24.8. The maximum Gasteiger partial charge on any atom is 0.343 e. The van der Waals surface area contributed by atoms with Crippen LogP contribution in [0, 0.1) is 11.3 Å². The van der Waals surface area contributed by atoms with Gasteiger partial charge in [0.2, 0.25) is 0 Å². The summed E-state index contributed by atoms with van der Waals surface area (Å²) in [6, 6.07) is 19.5. The summed E-state index contributed by atoms with van der Waals surface area (Å²) >= 11 is 0. The van der Waals surface area contributed by atoms with Gasteiger partial charge in [-0.2, -0.15) is 0 Å². The molecule has 1 heterocycles. The Bertz CT molecular complexity index is 1330. The molecule has 9 heteroatoms. The summed E-state index contributed by atoms with van der Waals surface area (Å²) in [5, 5.41) is 0. The second-order valence-electron chi connectivity index (χ2n) is 10.5. The Morgan fingerprint density at radius 1 is 0.674 bits per heavy atom. The van der Waals surface area contributed by atoms with Crippen LogP contribution in [-0.2, 0) is 14.3 Å². The molecule has 4 rings (SSSR count). The molecule has 0 N–H and O–H groups in total. The summed E-state index contributed by atoms with van der Waals surface area (Å²) < 4.78 is 32.9. The minimum absolute atomic E-state index is 0.0735. The van der Waals surface area contributed by atoms with Crippen molar-refractivity contribution in [2.45, 2.75) is 40.0 Å². The third-order valence-corrected chi connectivity index (χ3v) is 7.45. The second-order valence-corrected chi connectivity index (χ2v) is 10.5. The summed E-state index contributed by atoms with van der Waals surface area (Å²) in [7, 11) is 0. The molecule has 1 aliphatic heterocycles. The fourth-order valence-corrected chi connectivity index (χ4v) is 4.34. The van der Waals surface area contributed by atoms with Gasteiger partial charge in [-0.05, 0) is 92.1 Å². The molecule has 9 nitrogen and oxygen atoms in total. The fraction of sp³-hybridized carbons (Fsp3) is 0.382. The Morgan fingerprint density at radius 2 is 1.14 bits per heavy atom. The van der Waals surface area contributed by atoms with E-state index in [0.29, 0.717) is 53.9 Å². The summed E-state index contributed by atoms with van der Waals surface area (Å²) in [4.78, 5) is 37.1. The first-order chi connectivity index (χ1) is 20.8. The van der Waals surface area contributed by atoms with Crippen LogP contribution >= 0.6 is 0 Å². The quantitative estimate of drug-likeness (QED) is 0.115. The third-order valence-electron chi connectivity index (χ3n) is 7.45. The first-order valence-electron chi connectivity index (χ1n) is 14.6. The van der Waals surface area contributed by atoms with Crippen LogP contribution in [0.4, 0.5) is 0 Å². The lowest BCUT2D eigenvalue weighted by Gasteiger charge is -2.40. The maximum absolute atomic E-state index is 12.6. The standard InChI is InChI=1S/C34H38O9/c1-4-24(5-2)31(35)40-20-19-39-27-11-7-25(8-12-27)32(36)42-29-15-17-30(18-16-29)43-33(37)26-9-13-28(14-10-26)41-23-34(6-3)21-38-22-34/h7-18,24H,4-6,19-23H2,1-3H3. The number of carbonyl (C=O) groups is 3. The maximum atomic E-state index is 12.6. The molecule has 0 bridgehead atoms. The lowest BCUT2D eigenvalue weighted by Crippen LogP contribution is -2.46. The number of rotatable bonds is 15. The van der Waals surface area contributed by atoms with E-state index in [4.69, 9.17) is 28.4 Å². The highest BCUT2D eigenvalue weighted by Crippen LogP contribution is 2.32. The Balaban J connectivity index is 1.20. The van der Waals surface area contributed by atoms with Crippen molar-refractivity contribution in [2.24, 2.45) is 11.3 Å². The highest BCUT2D eigenvalue weighted by molar-refractivity contribution is 5.92. The van der Waals surface area contributed by atoms with Gasteiger partial charge in [-0.25, -0.2) is 9.59 Å². The molecular formula is C34H38O9. The Labute approximate surface area is 252 Å². The van der Waals surface area contributed by atoms with Gasteiger partial charge in [0.25, 0.3) is 0 Å². The molecule has 3 aromatic rings. The predicted molar refractivity (Wildman–Crippen MR) is 159 cm³/mol. The van der Waals surface area contributed by atoms with E-state index >= 15 is 0 Å². The van der Waals surface area contributed by atoms with Crippen LogP contribution in [0.5, 0.6) is 23.0 Å². The van der Waals surface area contributed by atoms with E-state index in [9.17, 15) is 14.4 Å². The Kier molecular flexibility index (Phi) is 11.2. The summed E-state index contributed by atoms with van der Waals surface area (Å²) in [5.41, 5.74) is 0.792. The number of hydrogen-bond acceptors (Lipinski definition) is 9. The molecule has 0 spiro atoms. The average Bonchev–Trinajstić information content (AvgIpc) is 3.01. The van der Waals surface area contributed by atoms with Crippen molar-refractivity contribution >= 4 is 17.9 Å². The minimum Gasteiger partial charge on any atom is -0.493 e. The van der Waals surface area contributed by atoms with Crippen molar-refractivity contribution in [3.05, 3.63) is 83.9 Å². The summed E-state index contributed by atoms with van der Waals surface area (Å²) in [6.45, 7) is 8.38. The van der Waals surface area contributed by atoms with Crippen LogP contribution in [0.2, 0.25) is 0 Å². The zero-order valence-corrected chi connectivity index (χ0v) is 24.8. The van der Waals surface area contributed by atoms with E-state index < -0.39 is 11.9 Å². The smallest absolute Gasteiger partial charge is 0.343 e. The molecule has 1 aliphatic rings. The predicted octanol–water partition coefficient (Wildman–Crippen LogP) is 6.29. The van der Waals surface area contributed by atoms with Crippen LogP contribution in [0.1, 0.15) is 60.7 Å². The number of benzene rings is 3. The number of ether oxygens (including phenoxy) is 6. The van der Waals surface area contributed by atoms with Gasteiger partial charge in [0.15, 0.2) is 0 Å². The van der Waals surface area contributed by atoms with Crippen molar-refractivity contribution in [1.29, 1.82) is 0 Å². The van der Waals surface area contributed by atoms with Crippen molar-refractivity contribution in [1.82, 2.24) is 0 Å². The zero-order chi connectivity index (χ0) is 30.7. The van der Waals surface area contributed by atoms with E-state index in [1.165, 1.54) is 0 Å². The lowest BCUT2D eigenvalue weighted by molar-refractivity contribution is -0.149. The number of carbonyl (C=O) groups excluding carboxylic acids is 3. The largest absolute Gasteiger partial charge is 0.493 e. The van der Waals surface area contributed by atoms with Crippen LogP contribution in [0.15, 0.2) is 72.8 Å². The lowest BCUT2D eigenvalue weighted by atomic mass is 9.84. The van der Waals surface area contributed by atoms with E-state index in [-0.39, 0.29) is 30.5 Å². The van der Waals surface area contributed by atoms with Gasteiger partial charge < -0.3 is 28.4 Å². The summed E-state index contributed by atoms with van der Waals surface area (Å²) in [5.74, 6) is 0.464. The van der Waals surface area contributed by atoms with Gasteiger partial charge >= 0.3 is 17.9 Å². The van der Waals surface area contributed by atoms with E-state index in [2.05, 4.69) is 6.92 Å². The average molecular weight is 591 g/mol. The minimum atomic E-state index is -0.549. The molecule has 228 valence electrons. The van der Waals surface area contributed by atoms with Crippen LogP contribution < -0.4 is 18.9 Å². The van der Waals surface area contributed by atoms with Gasteiger partial charge in [0.1, 0.15) is 36.2 Å². The van der Waals surface area contributed by atoms with Gasteiger partial charge in [0.05, 0.1) is 42.3 Å². The van der Waals surface area contributed by atoms with Crippen molar-refractivity contribution < 1.29 is 42.8 Å². The molecule has 43 heavy (non-hydrogen) atoms. The van der Waals surface area contributed by atoms with E-state index in [0.717, 1.165) is 19.3 Å². The van der Waals surface area contributed by atoms with Gasteiger partial charge in [-0.3, -0.25) is 4.79 Å². The molecule has 0 saturated carbocycles. The van der Waals surface area contributed by atoms with Gasteiger partial charge in [-0.15, -0.1) is 0 Å². The highest BCUT2D eigenvalue weighted by Gasteiger charge is 2.37. The van der Waals surface area contributed by atoms with Gasteiger partial charge in [-0.1, -0.05) is 20.8 Å². The Morgan fingerprint density at radius 3 is 1.56 bits per heavy atom. The van der Waals surface area contributed by atoms with Crippen LogP contribution in [0.25, 0.3) is 0 Å². The van der Waals surface area contributed by atoms with Crippen molar-refractivity contribution in [3.8, 4) is 23.0 Å². The molecule has 1 fully saturated rings. The molecular weight excluding hydrogens is 552 g/mol. The molecule has 0 aromatic heterocycles. The van der Waals surface area contributed by atoms with Gasteiger partial charge in [0, 0.05) is 0 Å². The second kappa shape index (κ2) is 15.2. The summed E-state index contributed by atoms with van der Waals surface area (Å²) in [6.07, 6.45) is 2.47. The SMILES string of the molecule is CCC(CC)C(=O)OCCOc1ccc(C(=O)Oc2ccc(OC(=O)c3ccc(OCC4(CC)COC4)cc3)cc2)cc1. The highest BCUT2D eigenvalue weighted by atomic mass is 16.6. The van der Waals surface area contributed by atoms with Crippen molar-refractivity contribution in [3.63, 3.8) is 0 Å². The number of hydrogen-bond donors (Lipinski definition) is 0. The normalized spacial score (nSPS) is 13.5. The van der Waals surface area contributed by atoms with E-state index in [1.54, 1.807) is 72.8 Å². The fourth-order valence-electron chi connectivity index (χ4n) is 4.34. The van der Waals surface area contributed by atoms with Crippen molar-refractivity contribution in [2.75, 3.05) is 33.0 Å². The van der Waals surface area contributed by atoms with Crippen LogP contribution in [0.3, 0.4) is 0 Å². The molecule has 0 radical (unpaired) electrons.